The molecule has 2 aromatic rings. The number of carbonyl (C=O) groups is 1. The highest BCUT2D eigenvalue weighted by Gasteiger charge is 2.30. The second-order valence-electron chi connectivity index (χ2n) is 7.87. The molecular weight excluding hydrogens is 466 g/mol. The fourth-order valence-corrected chi connectivity index (χ4v) is 5.47. The maximum Gasteiger partial charge on any atom is 0.286 e. The van der Waals surface area contributed by atoms with E-state index in [1.54, 1.807) is 19.1 Å². The largest absolute Gasteiger partial charge is 0.328 e. The fraction of sp³-hybridized carbons (Fsp3) is 0.364. The molecule has 0 saturated heterocycles. The zero-order chi connectivity index (χ0) is 22.2. The number of hydrogen-bond donors (Lipinski definition) is 1. The second-order valence-corrected chi connectivity index (χ2v) is 10.4. The normalized spacial score (nSPS) is 15.0. The number of amidine groups is 1. The minimum atomic E-state index is -3.86. The van der Waals surface area contributed by atoms with Gasteiger partial charge in [0.05, 0.1) is 5.69 Å². The molecule has 1 heterocycles. The maximum absolute atomic E-state index is 13.0. The molecule has 1 N–H and O–H groups in total. The number of nitrogens with zero attached hydrogens (tertiary/aromatic N) is 2. The first kappa shape index (κ1) is 22.5. The summed E-state index contributed by atoms with van der Waals surface area (Å²) in [5.74, 6) is 0.404. The average molecular weight is 492 g/mol. The number of rotatable bonds is 5. The predicted molar refractivity (Wildman–Crippen MR) is 125 cm³/mol. The molecule has 1 aliphatic rings. The summed E-state index contributed by atoms with van der Waals surface area (Å²) in [6.45, 7) is 10.4. The number of carbonyl (C=O) groups excluding carboxylic acids is 1. The third kappa shape index (κ3) is 4.44. The Labute approximate surface area is 186 Å². The van der Waals surface area contributed by atoms with E-state index in [1.807, 2.05) is 30.9 Å². The van der Waals surface area contributed by atoms with Crippen molar-refractivity contribution in [3.63, 3.8) is 0 Å². The van der Waals surface area contributed by atoms with Gasteiger partial charge in [0.15, 0.2) is 0 Å². The van der Waals surface area contributed by atoms with Gasteiger partial charge in [-0.25, -0.2) is 0 Å². The Balaban J connectivity index is 2.00. The smallest absolute Gasteiger partial charge is 0.286 e. The lowest BCUT2D eigenvalue weighted by atomic mass is 10.0. The molecule has 0 aromatic heterocycles. The van der Waals surface area contributed by atoms with Crippen molar-refractivity contribution in [2.24, 2.45) is 10.3 Å². The van der Waals surface area contributed by atoms with Crippen LogP contribution in [0.3, 0.4) is 0 Å². The van der Waals surface area contributed by atoms with Crippen molar-refractivity contribution in [2.45, 2.75) is 45.9 Å². The van der Waals surface area contributed by atoms with Gasteiger partial charge in [-0.05, 0) is 67.6 Å². The van der Waals surface area contributed by atoms with E-state index in [0.717, 1.165) is 27.7 Å². The van der Waals surface area contributed by atoms with Crippen molar-refractivity contribution in [3.8, 4) is 0 Å². The minimum absolute atomic E-state index is 0.0599. The van der Waals surface area contributed by atoms with Gasteiger partial charge in [-0.15, -0.1) is 4.40 Å². The maximum atomic E-state index is 13.0. The molecule has 160 valence electrons. The number of halogens is 1. The van der Waals surface area contributed by atoms with E-state index in [0.29, 0.717) is 24.0 Å². The lowest BCUT2D eigenvalue weighted by molar-refractivity contribution is 0.102. The van der Waals surface area contributed by atoms with Crippen molar-refractivity contribution in [1.82, 2.24) is 0 Å². The average Bonchev–Trinajstić information content (AvgIpc) is 2.66. The van der Waals surface area contributed by atoms with Crippen LogP contribution < -0.4 is 10.2 Å². The van der Waals surface area contributed by atoms with E-state index < -0.39 is 10.0 Å². The highest BCUT2D eigenvalue weighted by molar-refractivity contribution is 9.10. The van der Waals surface area contributed by atoms with Crippen LogP contribution in [-0.4, -0.2) is 26.7 Å². The van der Waals surface area contributed by atoms with Gasteiger partial charge in [-0.2, -0.15) is 8.42 Å². The van der Waals surface area contributed by atoms with Crippen LogP contribution >= 0.6 is 15.9 Å². The van der Waals surface area contributed by atoms with Gasteiger partial charge in [0.1, 0.15) is 10.7 Å². The third-order valence-electron chi connectivity index (χ3n) is 4.98. The quantitative estimate of drug-likeness (QED) is 0.626. The predicted octanol–water partition coefficient (Wildman–Crippen LogP) is 5.16. The zero-order valence-electron chi connectivity index (χ0n) is 17.8. The van der Waals surface area contributed by atoms with Gasteiger partial charge in [-0.3, -0.25) is 4.79 Å². The zero-order valence-corrected chi connectivity index (χ0v) is 20.2. The lowest BCUT2D eigenvalue weighted by Gasteiger charge is -2.31. The molecule has 0 fully saturated rings. The molecule has 0 spiro atoms. The van der Waals surface area contributed by atoms with Gasteiger partial charge >= 0.3 is 0 Å². The first-order chi connectivity index (χ1) is 14.0. The Bertz CT molecular complexity index is 1140. The minimum Gasteiger partial charge on any atom is -0.328 e. The molecule has 6 nitrogen and oxygen atoms in total. The second kappa shape index (κ2) is 8.51. The van der Waals surface area contributed by atoms with Crippen LogP contribution in [0.1, 0.15) is 49.2 Å². The molecule has 1 aliphatic heterocycles. The Morgan fingerprint density at radius 2 is 1.90 bits per heavy atom. The number of nitrogens with one attached hydrogen (secondary N) is 1. The summed E-state index contributed by atoms with van der Waals surface area (Å²) in [7, 11) is -3.86. The van der Waals surface area contributed by atoms with Gasteiger partial charge in [-0.1, -0.05) is 36.7 Å². The summed E-state index contributed by atoms with van der Waals surface area (Å²) in [5.41, 5.74) is 3.52. The summed E-state index contributed by atoms with van der Waals surface area (Å²) in [6.07, 6.45) is 0.757. The number of anilines is 2. The molecule has 0 atom stereocenters. The fourth-order valence-electron chi connectivity index (χ4n) is 3.58. The molecule has 30 heavy (non-hydrogen) atoms. The Morgan fingerprint density at radius 3 is 2.53 bits per heavy atom. The SMILES string of the molecule is CCc1cc(Br)cc(C)c1NC(=O)c1ccc2c(c1)S(=O)(=O)N=C(C)N2CC(C)C. The van der Waals surface area contributed by atoms with Gasteiger partial charge in [0.2, 0.25) is 0 Å². The highest BCUT2D eigenvalue weighted by Crippen LogP contribution is 2.34. The van der Waals surface area contributed by atoms with E-state index in [1.165, 1.54) is 6.07 Å². The van der Waals surface area contributed by atoms with Crippen molar-refractivity contribution >= 4 is 49.1 Å². The van der Waals surface area contributed by atoms with Crippen LogP contribution in [-0.2, 0) is 16.4 Å². The van der Waals surface area contributed by atoms with Crippen molar-refractivity contribution in [3.05, 3.63) is 51.5 Å². The van der Waals surface area contributed by atoms with Gasteiger partial charge in [0.25, 0.3) is 15.9 Å². The van der Waals surface area contributed by atoms with E-state index in [9.17, 15) is 13.2 Å². The van der Waals surface area contributed by atoms with Gasteiger partial charge < -0.3 is 10.2 Å². The van der Waals surface area contributed by atoms with Crippen LogP contribution in [0.4, 0.5) is 11.4 Å². The number of sulfonamides is 1. The number of hydrogen-bond acceptors (Lipinski definition) is 4. The molecule has 0 aliphatic carbocycles. The molecular formula is C22H26BrN3O3S. The highest BCUT2D eigenvalue weighted by atomic mass is 79.9. The van der Waals surface area contributed by atoms with Crippen LogP contribution in [0.25, 0.3) is 0 Å². The molecule has 0 bridgehead atoms. The van der Waals surface area contributed by atoms with Crippen molar-refractivity contribution in [1.29, 1.82) is 0 Å². The summed E-state index contributed by atoms with van der Waals surface area (Å²) in [5, 5.41) is 2.96. The van der Waals surface area contributed by atoms with E-state index in [-0.39, 0.29) is 16.4 Å². The van der Waals surface area contributed by atoms with Gasteiger partial charge in [0, 0.05) is 22.3 Å². The Hall–Kier alpha value is -2.19. The molecule has 8 heteroatoms. The summed E-state index contributed by atoms with van der Waals surface area (Å²) < 4.78 is 30.2. The lowest BCUT2D eigenvalue weighted by Crippen LogP contribution is -2.36. The number of aryl methyl sites for hydroxylation is 2. The first-order valence-corrected chi connectivity index (χ1v) is 12.1. The Kier molecular flexibility index (Phi) is 6.38. The Morgan fingerprint density at radius 1 is 1.20 bits per heavy atom. The van der Waals surface area contributed by atoms with Crippen molar-refractivity contribution < 1.29 is 13.2 Å². The topological polar surface area (TPSA) is 78.8 Å². The number of amides is 1. The van der Waals surface area contributed by atoms with E-state index in [2.05, 4.69) is 39.5 Å². The molecule has 2 aromatic carbocycles. The molecule has 0 unspecified atom stereocenters. The first-order valence-electron chi connectivity index (χ1n) is 9.87. The number of benzene rings is 2. The van der Waals surface area contributed by atoms with Crippen LogP contribution in [0, 0.1) is 12.8 Å². The molecule has 1 amide bonds. The van der Waals surface area contributed by atoms with Crippen LogP contribution in [0.15, 0.2) is 44.1 Å². The summed E-state index contributed by atoms with van der Waals surface area (Å²) >= 11 is 3.48. The summed E-state index contributed by atoms with van der Waals surface area (Å²) in [6, 6.07) is 8.69. The standard InChI is InChI=1S/C22H26BrN3O3S/c1-6-16-10-18(23)9-14(4)21(16)24-22(27)17-7-8-19-20(11-17)30(28,29)25-15(5)26(19)12-13(2)3/h7-11,13H,6,12H2,1-5H3,(H,24,27). The summed E-state index contributed by atoms with van der Waals surface area (Å²) in [4.78, 5) is 14.9. The van der Waals surface area contributed by atoms with E-state index in [4.69, 9.17) is 0 Å². The van der Waals surface area contributed by atoms with Crippen molar-refractivity contribution in [2.75, 3.05) is 16.8 Å². The third-order valence-corrected chi connectivity index (χ3v) is 6.83. The van der Waals surface area contributed by atoms with Crippen LogP contribution in [0.5, 0.6) is 0 Å². The molecule has 0 radical (unpaired) electrons. The van der Waals surface area contributed by atoms with Crippen LogP contribution in [0.2, 0.25) is 0 Å². The molecule has 3 rings (SSSR count). The van der Waals surface area contributed by atoms with E-state index >= 15 is 0 Å². The molecule has 0 saturated carbocycles. The monoisotopic (exact) mass is 491 g/mol. The number of fused-ring (bicyclic) bond motifs is 1.